The third kappa shape index (κ3) is 3.88. The number of rotatable bonds is 2. The number of hydrogen-bond donors (Lipinski definition) is 1. The van der Waals surface area contributed by atoms with E-state index < -0.39 is 0 Å². The molecular formula is C21H26ClN3O2. The molecule has 0 spiro atoms. The summed E-state index contributed by atoms with van der Waals surface area (Å²) in [5.41, 5.74) is 2.89. The van der Waals surface area contributed by atoms with Crippen molar-refractivity contribution in [3.05, 3.63) is 51.7 Å². The Morgan fingerprint density at radius 2 is 1.78 bits per heavy atom. The van der Waals surface area contributed by atoms with Gasteiger partial charge in [0.05, 0.1) is 5.10 Å². The van der Waals surface area contributed by atoms with Crippen molar-refractivity contribution in [2.75, 3.05) is 0 Å². The zero-order valence-electron chi connectivity index (χ0n) is 16.7. The Morgan fingerprint density at radius 1 is 1.11 bits per heavy atom. The van der Waals surface area contributed by atoms with E-state index >= 15 is 0 Å². The molecule has 0 amide bonds. The molecule has 0 aliphatic heterocycles. The number of aromatic hydroxyl groups is 1. The van der Waals surface area contributed by atoms with Gasteiger partial charge in [-0.2, -0.15) is 0 Å². The Balaban J connectivity index is 2.28. The molecule has 144 valence electrons. The summed E-state index contributed by atoms with van der Waals surface area (Å²) in [5.74, 6) is 0.0728. The quantitative estimate of drug-likeness (QED) is 0.502. The van der Waals surface area contributed by atoms with Crippen molar-refractivity contribution in [2.24, 2.45) is 5.41 Å². The summed E-state index contributed by atoms with van der Waals surface area (Å²) < 4.78 is 0. The number of phenols is 1. The average molecular weight is 388 g/mol. The van der Waals surface area contributed by atoms with E-state index in [-0.39, 0.29) is 16.6 Å². The minimum atomic E-state index is -0.281. The van der Waals surface area contributed by atoms with Crippen LogP contribution >= 0.6 is 11.6 Å². The van der Waals surface area contributed by atoms with E-state index in [4.69, 9.17) is 11.6 Å². The number of benzene rings is 2. The molecule has 5 nitrogen and oxygen atoms in total. The van der Waals surface area contributed by atoms with Crippen molar-refractivity contribution in [3.8, 4) is 11.4 Å². The zero-order valence-corrected chi connectivity index (χ0v) is 17.4. The Bertz CT molecular complexity index is 1010. The predicted octanol–water partition coefficient (Wildman–Crippen LogP) is 4.90. The van der Waals surface area contributed by atoms with Crippen LogP contribution in [0.1, 0.15) is 52.7 Å². The van der Waals surface area contributed by atoms with E-state index in [2.05, 4.69) is 25.9 Å². The van der Waals surface area contributed by atoms with Crippen LogP contribution < -0.4 is 4.85 Å². The van der Waals surface area contributed by atoms with Gasteiger partial charge in [0, 0.05) is 16.7 Å². The van der Waals surface area contributed by atoms with E-state index in [1.54, 1.807) is 18.2 Å². The third-order valence-electron chi connectivity index (χ3n) is 4.43. The highest BCUT2D eigenvalue weighted by Crippen LogP contribution is 2.37. The van der Waals surface area contributed by atoms with Crippen molar-refractivity contribution in [1.29, 1.82) is 0 Å². The van der Waals surface area contributed by atoms with Crippen LogP contribution in [0.5, 0.6) is 5.75 Å². The number of aromatic nitrogens is 3. The molecule has 0 atom stereocenters. The van der Waals surface area contributed by atoms with Gasteiger partial charge >= 0.3 is 0 Å². The van der Waals surface area contributed by atoms with Gasteiger partial charge in [0.2, 0.25) is 5.52 Å². The standard InChI is InChI=1S/C21H26ClN3O2/c1-20(2,3)12-13-9-15(21(4,5)6)19(26)18(10-13)24-23-16-11-14(22)7-8-17(16)25(24)27/h7-11,26H,12H2,1-6H3. The van der Waals surface area contributed by atoms with Gasteiger partial charge in [0.25, 0.3) is 5.52 Å². The highest BCUT2D eigenvalue weighted by Gasteiger charge is 2.27. The largest absolute Gasteiger partial charge is 0.692 e. The third-order valence-corrected chi connectivity index (χ3v) is 4.66. The Labute approximate surface area is 164 Å². The van der Waals surface area contributed by atoms with Crippen LogP contribution in [0, 0.1) is 10.6 Å². The summed E-state index contributed by atoms with van der Waals surface area (Å²) in [4.78, 5) is 1.89. The van der Waals surface area contributed by atoms with Gasteiger partial charge < -0.3 is 10.3 Å². The first kappa shape index (κ1) is 19.5. The molecule has 0 aliphatic rings. The summed E-state index contributed by atoms with van der Waals surface area (Å²) in [7, 11) is 0. The molecule has 0 radical (unpaired) electrons. The highest BCUT2D eigenvalue weighted by atomic mass is 35.5. The molecule has 3 rings (SSSR count). The molecule has 1 N–H and O–H groups in total. The van der Waals surface area contributed by atoms with Crippen LogP contribution in [0.25, 0.3) is 16.7 Å². The second-order valence-corrected chi connectivity index (χ2v) is 9.73. The van der Waals surface area contributed by atoms with E-state index in [1.807, 2.05) is 32.9 Å². The molecule has 1 aromatic heterocycles. The molecule has 0 fully saturated rings. The van der Waals surface area contributed by atoms with Gasteiger partial charge in [-0.15, -0.1) is 4.85 Å². The predicted molar refractivity (Wildman–Crippen MR) is 109 cm³/mol. The molecule has 3 aromatic rings. The van der Waals surface area contributed by atoms with Crippen molar-refractivity contribution in [1.82, 2.24) is 9.90 Å². The van der Waals surface area contributed by atoms with Crippen molar-refractivity contribution in [3.63, 3.8) is 0 Å². The number of fused-ring (bicyclic) bond motifs is 1. The first-order valence-electron chi connectivity index (χ1n) is 9.02. The summed E-state index contributed by atoms with van der Waals surface area (Å²) in [6.07, 6.45) is 0.814. The summed E-state index contributed by atoms with van der Waals surface area (Å²) >= 11 is 6.03. The monoisotopic (exact) mass is 387 g/mol. The van der Waals surface area contributed by atoms with Crippen LogP contribution in [-0.2, 0) is 11.8 Å². The zero-order chi connectivity index (χ0) is 20.1. The molecule has 0 bridgehead atoms. The normalized spacial score (nSPS) is 12.7. The van der Waals surface area contributed by atoms with E-state index in [0.29, 0.717) is 26.6 Å². The Hall–Kier alpha value is -2.27. The Morgan fingerprint density at radius 3 is 2.37 bits per heavy atom. The van der Waals surface area contributed by atoms with Crippen LogP contribution in [0.15, 0.2) is 30.3 Å². The number of phenolic OH excluding ortho intramolecular Hbond substituents is 1. The Kier molecular flexibility index (Phi) is 4.63. The number of nitrogens with zero attached hydrogens (tertiary/aromatic N) is 3. The molecule has 1 heterocycles. The van der Waals surface area contributed by atoms with Gasteiger partial charge in [-0.3, -0.25) is 0 Å². The molecule has 6 heteroatoms. The van der Waals surface area contributed by atoms with Crippen LogP contribution in [0.4, 0.5) is 0 Å². The van der Waals surface area contributed by atoms with E-state index in [1.165, 1.54) is 4.80 Å². The van der Waals surface area contributed by atoms with Crippen LogP contribution in [0.3, 0.4) is 0 Å². The van der Waals surface area contributed by atoms with Crippen LogP contribution in [-0.4, -0.2) is 15.0 Å². The lowest BCUT2D eigenvalue weighted by molar-refractivity contribution is -0.664. The molecule has 0 saturated heterocycles. The molecule has 0 saturated carbocycles. The van der Waals surface area contributed by atoms with Gasteiger partial charge in [0.1, 0.15) is 0 Å². The number of hydrogen-bond acceptors (Lipinski definition) is 3. The van der Waals surface area contributed by atoms with E-state index in [0.717, 1.165) is 17.5 Å². The lowest BCUT2D eigenvalue weighted by Gasteiger charge is -2.25. The lowest BCUT2D eigenvalue weighted by atomic mass is 9.82. The smallest absolute Gasteiger partial charge is 0.251 e. The minimum Gasteiger partial charge on any atom is -0.692 e. The molecule has 0 unspecified atom stereocenters. The van der Waals surface area contributed by atoms with Crippen molar-refractivity contribution in [2.45, 2.75) is 53.4 Å². The average Bonchev–Trinajstić information content (AvgIpc) is 2.82. The summed E-state index contributed by atoms with van der Waals surface area (Å²) in [6.45, 7) is 12.6. The maximum atomic E-state index is 12.8. The summed E-state index contributed by atoms with van der Waals surface area (Å²) in [6, 6.07) is 8.80. The molecule has 27 heavy (non-hydrogen) atoms. The van der Waals surface area contributed by atoms with E-state index in [9.17, 15) is 10.3 Å². The first-order chi connectivity index (χ1) is 12.4. The molecular weight excluding hydrogens is 362 g/mol. The topological polar surface area (TPSA) is 65.0 Å². The second-order valence-electron chi connectivity index (χ2n) is 9.29. The minimum absolute atomic E-state index is 0.0686. The van der Waals surface area contributed by atoms with Crippen LogP contribution in [0.2, 0.25) is 5.02 Å². The van der Waals surface area contributed by atoms with Gasteiger partial charge in [-0.05, 0) is 45.8 Å². The number of halogens is 1. The van der Waals surface area contributed by atoms with Crippen molar-refractivity contribution < 1.29 is 9.95 Å². The lowest BCUT2D eigenvalue weighted by Crippen LogP contribution is -2.37. The molecule has 2 aromatic carbocycles. The maximum Gasteiger partial charge on any atom is 0.251 e. The first-order valence-corrected chi connectivity index (χ1v) is 9.39. The van der Waals surface area contributed by atoms with Crippen molar-refractivity contribution >= 4 is 22.6 Å². The van der Waals surface area contributed by atoms with Gasteiger partial charge in [-0.1, -0.05) is 59.2 Å². The fourth-order valence-corrected chi connectivity index (χ4v) is 3.42. The molecule has 0 aliphatic carbocycles. The maximum absolute atomic E-state index is 12.8. The fourth-order valence-electron chi connectivity index (χ4n) is 3.25. The second kappa shape index (κ2) is 6.41. The highest BCUT2D eigenvalue weighted by molar-refractivity contribution is 6.31. The van der Waals surface area contributed by atoms with Gasteiger partial charge in [-0.25, -0.2) is 0 Å². The fraction of sp³-hybridized carbons (Fsp3) is 0.429. The summed E-state index contributed by atoms with van der Waals surface area (Å²) in [5, 5.41) is 28.7. The SMILES string of the molecule is CC(C)(C)Cc1cc(-n2nc3cc(Cl)ccc3[n+]2[O-])c(O)c(C(C)(C)C)c1. The van der Waals surface area contributed by atoms with Gasteiger partial charge in [0.15, 0.2) is 11.4 Å².